The lowest BCUT2D eigenvalue weighted by atomic mass is 10.0. The molecule has 2 aromatic carbocycles. The molecule has 2 heterocycles. The molecule has 2 aliphatic rings. The van der Waals surface area contributed by atoms with Crippen molar-refractivity contribution in [1.82, 2.24) is 4.90 Å². The van der Waals surface area contributed by atoms with Crippen LogP contribution < -0.4 is 9.64 Å². The van der Waals surface area contributed by atoms with E-state index in [2.05, 4.69) is 11.8 Å². The van der Waals surface area contributed by atoms with E-state index in [9.17, 15) is 9.59 Å². The molecule has 2 aromatic rings. The number of nitrogens with zero attached hydrogens (tertiary/aromatic N) is 2. The predicted molar refractivity (Wildman–Crippen MR) is 123 cm³/mol. The number of aryl methyl sites for hydroxylation is 2. The molecule has 5 nitrogen and oxygen atoms in total. The Kier molecular flexibility index (Phi) is 6.12. The topological polar surface area (TPSA) is 49.9 Å². The number of imide groups is 1. The fourth-order valence-corrected chi connectivity index (χ4v) is 4.40. The average Bonchev–Trinajstić information content (AvgIpc) is 3.03. The van der Waals surface area contributed by atoms with Crippen LogP contribution in [0, 0.1) is 13.8 Å². The molecule has 0 aromatic heterocycles. The van der Waals surface area contributed by atoms with Gasteiger partial charge in [-0.3, -0.25) is 9.59 Å². The number of ether oxygens (including phenoxy) is 1. The summed E-state index contributed by atoms with van der Waals surface area (Å²) in [5.41, 5.74) is 4.47. The highest BCUT2D eigenvalue weighted by Gasteiger charge is 2.43. The summed E-state index contributed by atoms with van der Waals surface area (Å²) in [6, 6.07) is 13.4. The number of hydrogen-bond donors (Lipinski definition) is 0. The second kappa shape index (κ2) is 8.96. The number of likely N-dealkylation sites (tertiary alicyclic amines) is 1. The van der Waals surface area contributed by atoms with Crippen LogP contribution >= 0.6 is 0 Å². The molecule has 0 radical (unpaired) electrons. The first-order valence-electron chi connectivity index (χ1n) is 11.2. The highest BCUT2D eigenvalue weighted by molar-refractivity contribution is 6.45. The van der Waals surface area contributed by atoms with E-state index >= 15 is 0 Å². The fraction of sp³-hybridized carbons (Fsp3) is 0.385. The lowest BCUT2D eigenvalue weighted by Gasteiger charge is -2.29. The van der Waals surface area contributed by atoms with E-state index in [1.54, 1.807) is 0 Å². The van der Waals surface area contributed by atoms with Crippen LogP contribution in [-0.4, -0.2) is 36.4 Å². The standard InChI is InChI=1S/C26H30N2O3/c1-4-16-31-21-11-9-20(10-12-21)23-24(27-14-6-5-7-15-27)26(30)28(25(23)29)22-13-8-18(2)17-19(22)3/h8-13,17H,4-7,14-16H2,1-3H3. The molecule has 4 rings (SSSR count). The zero-order valence-electron chi connectivity index (χ0n) is 18.6. The van der Waals surface area contributed by atoms with Crippen LogP contribution in [0.3, 0.4) is 0 Å². The van der Waals surface area contributed by atoms with Crippen molar-refractivity contribution in [3.05, 3.63) is 64.9 Å². The SMILES string of the molecule is CCCOc1ccc(C2=C(N3CCCCC3)C(=O)N(c3ccc(C)cc3C)C2=O)cc1. The average molecular weight is 419 g/mol. The van der Waals surface area contributed by atoms with E-state index < -0.39 is 0 Å². The highest BCUT2D eigenvalue weighted by atomic mass is 16.5. The number of hydrogen-bond acceptors (Lipinski definition) is 4. The Balaban J connectivity index is 1.76. The van der Waals surface area contributed by atoms with Crippen molar-refractivity contribution in [2.45, 2.75) is 46.5 Å². The van der Waals surface area contributed by atoms with E-state index in [0.717, 1.165) is 61.2 Å². The zero-order valence-corrected chi connectivity index (χ0v) is 18.6. The van der Waals surface area contributed by atoms with E-state index in [4.69, 9.17) is 4.74 Å². The third kappa shape index (κ3) is 4.09. The van der Waals surface area contributed by atoms with Gasteiger partial charge in [-0.15, -0.1) is 0 Å². The number of benzene rings is 2. The molecule has 0 N–H and O–H groups in total. The largest absolute Gasteiger partial charge is 0.494 e. The Labute approximate surface area is 184 Å². The molecule has 0 saturated carbocycles. The van der Waals surface area contributed by atoms with Gasteiger partial charge < -0.3 is 9.64 Å². The number of anilines is 1. The summed E-state index contributed by atoms with van der Waals surface area (Å²) >= 11 is 0. The highest BCUT2D eigenvalue weighted by Crippen LogP contribution is 2.37. The molecule has 0 bridgehead atoms. The lowest BCUT2D eigenvalue weighted by Crippen LogP contribution is -2.37. The molecule has 162 valence electrons. The summed E-state index contributed by atoms with van der Waals surface area (Å²) in [5, 5.41) is 0. The first kappa shape index (κ1) is 21.2. The Morgan fingerprint density at radius 1 is 0.903 bits per heavy atom. The number of carbonyl (C=O) groups excluding carboxylic acids is 2. The predicted octanol–water partition coefficient (Wildman–Crippen LogP) is 4.86. The summed E-state index contributed by atoms with van der Waals surface area (Å²) in [6.45, 7) is 8.27. The quantitative estimate of drug-likeness (QED) is 0.629. The van der Waals surface area contributed by atoms with Crippen LogP contribution in [0.25, 0.3) is 5.57 Å². The van der Waals surface area contributed by atoms with Crippen molar-refractivity contribution >= 4 is 23.1 Å². The maximum absolute atomic E-state index is 13.7. The van der Waals surface area contributed by atoms with Crippen LogP contribution in [0.5, 0.6) is 5.75 Å². The fourth-order valence-electron chi connectivity index (χ4n) is 4.40. The number of piperidine rings is 1. The first-order valence-corrected chi connectivity index (χ1v) is 11.2. The van der Waals surface area contributed by atoms with Crippen molar-refractivity contribution < 1.29 is 14.3 Å². The van der Waals surface area contributed by atoms with Gasteiger partial charge in [0.1, 0.15) is 11.4 Å². The van der Waals surface area contributed by atoms with Crippen molar-refractivity contribution in [2.24, 2.45) is 0 Å². The summed E-state index contributed by atoms with van der Waals surface area (Å²) in [7, 11) is 0. The molecule has 0 unspecified atom stereocenters. The Morgan fingerprint density at radius 3 is 2.26 bits per heavy atom. The molecule has 1 fully saturated rings. The summed E-state index contributed by atoms with van der Waals surface area (Å²) in [5.74, 6) is 0.300. The van der Waals surface area contributed by atoms with Gasteiger partial charge in [-0.25, -0.2) is 4.90 Å². The number of amides is 2. The maximum atomic E-state index is 13.7. The van der Waals surface area contributed by atoms with Crippen molar-refractivity contribution in [3.8, 4) is 5.75 Å². The van der Waals surface area contributed by atoms with Gasteiger partial charge >= 0.3 is 0 Å². The van der Waals surface area contributed by atoms with Gasteiger partial charge in [-0.1, -0.05) is 36.8 Å². The molecule has 2 amide bonds. The minimum absolute atomic E-state index is 0.222. The molecule has 0 spiro atoms. The third-order valence-electron chi connectivity index (χ3n) is 5.94. The third-order valence-corrected chi connectivity index (χ3v) is 5.94. The Bertz CT molecular complexity index is 1020. The Morgan fingerprint density at radius 2 is 1.61 bits per heavy atom. The van der Waals surface area contributed by atoms with Gasteiger partial charge in [0.25, 0.3) is 11.8 Å². The normalized spacial score (nSPS) is 17.0. The minimum Gasteiger partial charge on any atom is -0.494 e. The number of rotatable bonds is 6. The molecule has 31 heavy (non-hydrogen) atoms. The monoisotopic (exact) mass is 418 g/mol. The van der Waals surface area contributed by atoms with Gasteiger partial charge in [-0.05, 0) is 68.9 Å². The molecule has 1 saturated heterocycles. The van der Waals surface area contributed by atoms with Gasteiger partial charge in [0, 0.05) is 13.1 Å². The zero-order chi connectivity index (χ0) is 22.0. The molecule has 5 heteroatoms. The van der Waals surface area contributed by atoms with Gasteiger partial charge in [0.15, 0.2) is 0 Å². The van der Waals surface area contributed by atoms with Gasteiger partial charge in [-0.2, -0.15) is 0 Å². The van der Waals surface area contributed by atoms with Crippen molar-refractivity contribution in [3.63, 3.8) is 0 Å². The summed E-state index contributed by atoms with van der Waals surface area (Å²) in [4.78, 5) is 30.7. The van der Waals surface area contributed by atoms with E-state index in [1.165, 1.54) is 4.90 Å². The maximum Gasteiger partial charge on any atom is 0.282 e. The second-order valence-electron chi connectivity index (χ2n) is 8.38. The molecule has 2 aliphatic heterocycles. The van der Waals surface area contributed by atoms with Gasteiger partial charge in [0.05, 0.1) is 17.9 Å². The van der Waals surface area contributed by atoms with Crippen molar-refractivity contribution in [1.29, 1.82) is 0 Å². The molecule has 0 atom stereocenters. The van der Waals surface area contributed by atoms with Crippen LogP contribution in [0.4, 0.5) is 5.69 Å². The second-order valence-corrected chi connectivity index (χ2v) is 8.38. The lowest BCUT2D eigenvalue weighted by molar-refractivity contribution is -0.120. The number of carbonyl (C=O) groups is 2. The summed E-state index contributed by atoms with van der Waals surface area (Å²) in [6.07, 6.45) is 4.16. The summed E-state index contributed by atoms with van der Waals surface area (Å²) < 4.78 is 5.69. The van der Waals surface area contributed by atoms with Crippen LogP contribution in [0.1, 0.15) is 49.3 Å². The van der Waals surface area contributed by atoms with Crippen LogP contribution in [-0.2, 0) is 9.59 Å². The van der Waals surface area contributed by atoms with E-state index in [0.29, 0.717) is 23.6 Å². The smallest absolute Gasteiger partial charge is 0.282 e. The minimum atomic E-state index is -0.250. The van der Waals surface area contributed by atoms with Gasteiger partial charge in [0.2, 0.25) is 0 Å². The first-order chi connectivity index (χ1) is 15.0. The molecular formula is C26H30N2O3. The van der Waals surface area contributed by atoms with E-state index in [-0.39, 0.29) is 11.8 Å². The van der Waals surface area contributed by atoms with Crippen LogP contribution in [0.15, 0.2) is 48.2 Å². The molecular weight excluding hydrogens is 388 g/mol. The van der Waals surface area contributed by atoms with E-state index in [1.807, 2.05) is 56.3 Å². The van der Waals surface area contributed by atoms with Crippen molar-refractivity contribution in [2.75, 3.05) is 24.6 Å². The van der Waals surface area contributed by atoms with Crippen LogP contribution in [0.2, 0.25) is 0 Å². The Hall–Kier alpha value is -3.08. The molecule has 0 aliphatic carbocycles.